The van der Waals surface area contributed by atoms with E-state index in [0.29, 0.717) is 5.92 Å². The van der Waals surface area contributed by atoms with E-state index in [1.807, 2.05) is 24.7 Å². The number of nitrogens with zero attached hydrogens (tertiary/aromatic N) is 4. The third kappa shape index (κ3) is 2.51. The summed E-state index contributed by atoms with van der Waals surface area (Å²) in [6.07, 6.45) is 6.15. The molecule has 1 aliphatic heterocycles. The van der Waals surface area contributed by atoms with Gasteiger partial charge in [-0.15, -0.1) is 0 Å². The number of imidazole rings is 1. The van der Waals surface area contributed by atoms with Gasteiger partial charge in [0.25, 0.3) is 0 Å². The number of hydrogen-bond donors (Lipinski definition) is 1. The van der Waals surface area contributed by atoms with Crippen LogP contribution >= 0.6 is 0 Å². The van der Waals surface area contributed by atoms with Crippen molar-refractivity contribution in [3.63, 3.8) is 0 Å². The molecule has 1 fully saturated rings. The van der Waals surface area contributed by atoms with Gasteiger partial charge in [-0.1, -0.05) is 0 Å². The molecule has 2 aromatic rings. The summed E-state index contributed by atoms with van der Waals surface area (Å²) in [6, 6.07) is 2.09. The van der Waals surface area contributed by atoms with Gasteiger partial charge in [-0.2, -0.15) is 0 Å². The first kappa shape index (κ1) is 12.3. The maximum Gasteiger partial charge on any atom is 0.158 e. The van der Waals surface area contributed by atoms with Crippen LogP contribution in [0.2, 0.25) is 0 Å². The predicted molar refractivity (Wildman–Crippen MR) is 73.8 cm³/mol. The Morgan fingerprint density at radius 2 is 2.26 bits per heavy atom. The van der Waals surface area contributed by atoms with Crippen LogP contribution in [0.3, 0.4) is 0 Å². The van der Waals surface area contributed by atoms with Crippen molar-refractivity contribution >= 4 is 0 Å². The van der Waals surface area contributed by atoms with Gasteiger partial charge in [-0.3, -0.25) is 0 Å². The van der Waals surface area contributed by atoms with Crippen molar-refractivity contribution in [3.8, 4) is 11.5 Å². The standard InChI is InChI=1S/C14H19N5/c1-10-17-12(11-4-3-5-15-9-11)8-13(18-10)14-16-6-7-19(14)2/h6-8,11,15H,3-5,9H2,1-2H3. The molecule has 0 amide bonds. The Kier molecular flexibility index (Phi) is 3.29. The summed E-state index contributed by atoms with van der Waals surface area (Å²) in [6.45, 7) is 4.08. The quantitative estimate of drug-likeness (QED) is 0.889. The second-order valence-electron chi connectivity index (χ2n) is 5.13. The number of aromatic nitrogens is 4. The van der Waals surface area contributed by atoms with Gasteiger partial charge in [0.2, 0.25) is 0 Å². The summed E-state index contributed by atoms with van der Waals surface area (Å²) in [5.41, 5.74) is 2.05. The first-order chi connectivity index (χ1) is 9.24. The molecule has 0 spiro atoms. The van der Waals surface area contributed by atoms with Crippen LogP contribution in [-0.4, -0.2) is 32.6 Å². The highest BCUT2D eigenvalue weighted by Gasteiger charge is 2.18. The van der Waals surface area contributed by atoms with Gasteiger partial charge in [0.15, 0.2) is 5.82 Å². The van der Waals surface area contributed by atoms with Crippen LogP contribution in [0.25, 0.3) is 11.5 Å². The minimum atomic E-state index is 0.495. The Morgan fingerprint density at radius 3 is 2.95 bits per heavy atom. The fourth-order valence-electron chi connectivity index (χ4n) is 2.63. The van der Waals surface area contributed by atoms with Crippen LogP contribution in [0, 0.1) is 6.92 Å². The van der Waals surface area contributed by atoms with Crippen molar-refractivity contribution in [3.05, 3.63) is 30.0 Å². The summed E-state index contributed by atoms with van der Waals surface area (Å²) in [7, 11) is 1.99. The third-order valence-corrected chi connectivity index (χ3v) is 3.62. The highest BCUT2D eigenvalue weighted by molar-refractivity contribution is 5.50. The molecule has 0 bridgehead atoms. The molecule has 0 aromatic carbocycles. The zero-order valence-corrected chi connectivity index (χ0v) is 11.4. The van der Waals surface area contributed by atoms with Crippen molar-refractivity contribution in [2.45, 2.75) is 25.7 Å². The summed E-state index contributed by atoms with van der Waals surface area (Å²) < 4.78 is 1.99. The minimum Gasteiger partial charge on any atom is -0.333 e. The Hall–Kier alpha value is -1.75. The molecule has 100 valence electrons. The molecule has 5 heteroatoms. The van der Waals surface area contributed by atoms with E-state index in [4.69, 9.17) is 0 Å². The van der Waals surface area contributed by atoms with Crippen LogP contribution in [0.1, 0.15) is 30.3 Å². The first-order valence-electron chi connectivity index (χ1n) is 6.78. The fourth-order valence-corrected chi connectivity index (χ4v) is 2.63. The summed E-state index contributed by atoms with van der Waals surface area (Å²) >= 11 is 0. The Balaban J connectivity index is 1.98. The van der Waals surface area contributed by atoms with E-state index in [2.05, 4.69) is 26.3 Å². The topological polar surface area (TPSA) is 55.6 Å². The molecule has 19 heavy (non-hydrogen) atoms. The second kappa shape index (κ2) is 5.09. The second-order valence-corrected chi connectivity index (χ2v) is 5.13. The Bertz CT molecular complexity index is 569. The molecule has 2 aromatic heterocycles. The Morgan fingerprint density at radius 1 is 1.37 bits per heavy atom. The maximum absolute atomic E-state index is 4.61. The van der Waals surface area contributed by atoms with Gasteiger partial charge < -0.3 is 9.88 Å². The van der Waals surface area contributed by atoms with E-state index in [1.165, 1.54) is 12.8 Å². The van der Waals surface area contributed by atoms with Crippen molar-refractivity contribution in [1.29, 1.82) is 0 Å². The van der Waals surface area contributed by atoms with Gasteiger partial charge in [0.05, 0.1) is 0 Å². The molecule has 1 aliphatic rings. The van der Waals surface area contributed by atoms with Crippen molar-refractivity contribution < 1.29 is 0 Å². The van der Waals surface area contributed by atoms with E-state index in [0.717, 1.165) is 36.1 Å². The van der Waals surface area contributed by atoms with E-state index in [1.54, 1.807) is 6.20 Å². The monoisotopic (exact) mass is 257 g/mol. The van der Waals surface area contributed by atoms with E-state index in [-0.39, 0.29) is 0 Å². The molecule has 3 heterocycles. The summed E-state index contributed by atoms with van der Waals surface area (Å²) in [5, 5.41) is 3.44. The number of hydrogen-bond acceptors (Lipinski definition) is 4. The molecular formula is C14H19N5. The van der Waals surface area contributed by atoms with Crippen molar-refractivity contribution in [1.82, 2.24) is 24.8 Å². The largest absolute Gasteiger partial charge is 0.333 e. The third-order valence-electron chi connectivity index (χ3n) is 3.62. The zero-order chi connectivity index (χ0) is 13.2. The minimum absolute atomic E-state index is 0.495. The number of nitrogens with one attached hydrogen (secondary N) is 1. The predicted octanol–water partition coefficient (Wildman–Crippen LogP) is 1.65. The molecule has 0 aliphatic carbocycles. The van der Waals surface area contributed by atoms with Gasteiger partial charge >= 0.3 is 0 Å². The average Bonchev–Trinajstić information content (AvgIpc) is 2.85. The lowest BCUT2D eigenvalue weighted by Crippen LogP contribution is -2.29. The smallest absolute Gasteiger partial charge is 0.158 e. The van der Waals surface area contributed by atoms with Crippen LogP contribution < -0.4 is 5.32 Å². The molecule has 3 rings (SSSR count). The maximum atomic E-state index is 4.61. The number of piperidine rings is 1. The highest BCUT2D eigenvalue weighted by atomic mass is 15.1. The van der Waals surface area contributed by atoms with Crippen LogP contribution in [0.4, 0.5) is 0 Å². The van der Waals surface area contributed by atoms with Crippen molar-refractivity contribution in [2.24, 2.45) is 7.05 Å². The molecule has 1 N–H and O–H groups in total. The fraction of sp³-hybridized carbons (Fsp3) is 0.500. The molecule has 0 saturated carbocycles. The van der Waals surface area contributed by atoms with E-state index >= 15 is 0 Å². The molecule has 1 unspecified atom stereocenters. The van der Waals surface area contributed by atoms with E-state index in [9.17, 15) is 0 Å². The lowest BCUT2D eigenvalue weighted by molar-refractivity contribution is 0.453. The van der Waals surface area contributed by atoms with Gasteiger partial charge in [0, 0.05) is 37.6 Å². The first-order valence-corrected chi connectivity index (χ1v) is 6.78. The average molecular weight is 257 g/mol. The van der Waals surface area contributed by atoms with Crippen LogP contribution in [-0.2, 0) is 7.05 Å². The van der Waals surface area contributed by atoms with E-state index < -0.39 is 0 Å². The summed E-state index contributed by atoms with van der Waals surface area (Å²) in [4.78, 5) is 13.5. The Labute approximate surface area is 113 Å². The van der Waals surface area contributed by atoms with Crippen LogP contribution in [0.15, 0.2) is 18.5 Å². The van der Waals surface area contributed by atoms with Gasteiger partial charge in [-0.05, 0) is 32.4 Å². The highest BCUT2D eigenvalue weighted by Crippen LogP contribution is 2.24. The SMILES string of the molecule is Cc1nc(-c2nccn2C)cc(C2CCCNC2)n1. The van der Waals surface area contributed by atoms with Crippen molar-refractivity contribution in [2.75, 3.05) is 13.1 Å². The number of aryl methyl sites for hydroxylation is 2. The lowest BCUT2D eigenvalue weighted by atomic mass is 9.95. The normalized spacial score (nSPS) is 19.6. The lowest BCUT2D eigenvalue weighted by Gasteiger charge is -2.22. The molecule has 0 radical (unpaired) electrons. The molecule has 5 nitrogen and oxygen atoms in total. The zero-order valence-electron chi connectivity index (χ0n) is 11.4. The molecular weight excluding hydrogens is 238 g/mol. The van der Waals surface area contributed by atoms with Crippen LogP contribution in [0.5, 0.6) is 0 Å². The number of rotatable bonds is 2. The van der Waals surface area contributed by atoms with Gasteiger partial charge in [-0.25, -0.2) is 15.0 Å². The summed E-state index contributed by atoms with van der Waals surface area (Å²) in [5.74, 6) is 2.21. The molecule has 1 saturated heterocycles. The van der Waals surface area contributed by atoms with Gasteiger partial charge in [0.1, 0.15) is 11.5 Å². The molecule has 1 atom stereocenters.